The van der Waals surface area contributed by atoms with Crippen molar-refractivity contribution in [2.24, 2.45) is 0 Å². The van der Waals surface area contributed by atoms with Gasteiger partial charge < -0.3 is 10.2 Å². The molecule has 0 aromatic heterocycles. The maximum atomic E-state index is 13.8. The van der Waals surface area contributed by atoms with Crippen molar-refractivity contribution in [1.29, 1.82) is 0 Å². The summed E-state index contributed by atoms with van der Waals surface area (Å²) in [5.74, 6) is -0.839. The Kier molecular flexibility index (Phi) is 10.1. The molecule has 0 aliphatic heterocycles. The Balaban J connectivity index is 2.00. The Morgan fingerprint density at radius 3 is 2.30 bits per heavy atom. The van der Waals surface area contributed by atoms with Crippen LogP contribution < -0.4 is 9.62 Å². The molecule has 0 fully saturated rings. The molecule has 10 heteroatoms. The van der Waals surface area contributed by atoms with Crippen LogP contribution in [0.4, 0.5) is 5.69 Å². The molecule has 7 nitrogen and oxygen atoms in total. The van der Waals surface area contributed by atoms with Gasteiger partial charge in [0.25, 0.3) is 10.0 Å². The van der Waals surface area contributed by atoms with Gasteiger partial charge >= 0.3 is 0 Å². The number of halogens is 2. The molecule has 0 saturated heterocycles. The van der Waals surface area contributed by atoms with E-state index in [1.807, 2.05) is 31.2 Å². The Labute approximate surface area is 231 Å². The van der Waals surface area contributed by atoms with Crippen LogP contribution in [0.3, 0.4) is 0 Å². The third-order valence-electron chi connectivity index (χ3n) is 5.69. The van der Waals surface area contributed by atoms with Crippen LogP contribution in [0.1, 0.15) is 25.8 Å². The van der Waals surface area contributed by atoms with Gasteiger partial charge in [-0.3, -0.25) is 13.9 Å². The van der Waals surface area contributed by atoms with E-state index in [-0.39, 0.29) is 23.0 Å². The number of rotatable bonds is 11. The molecule has 3 aromatic carbocycles. The van der Waals surface area contributed by atoms with Crippen LogP contribution in [0.15, 0.2) is 88.2 Å². The molecule has 1 atom stereocenters. The van der Waals surface area contributed by atoms with Gasteiger partial charge in [-0.1, -0.05) is 70.9 Å². The highest BCUT2D eigenvalue weighted by molar-refractivity contribution is 9.10. The van der Waals surface area contributed by atoms with Crippen molar-refractivity contribution in [3.8, 4) is 0 Å². The molecule has 2 amide bonds. The lowest BCUT2D eigenvalue weighted by atomic mass is 10.1. The highest BCUT2D eigenvalue weighted by Gasteiger charge is 2.32. The van der Waals surface area contributed by atoms with Gasteiger partial charge in [0.05, 0.1) is 10.6 Å². The fourth-order valence-corrected chi connectivity index (χ4v) is 5.52. The molecule has 1 N–H and O–H groups in total. The van der Waals surface area contributed by atoms with Crippen LogP contribution in [0.5, 0.6) is 0 Å². The Morgan fingerprint density at radius 1 is 1.00 bits per heavy atom. The zero-order chi connectivity index (χ0) is 27.0. The van der Waals surface area contributed by atoms with Crippen molar-refractivity contribution in [2.45, 2.75) is 37.8 Å². The summed E-state index contributed by atoms with van der Waals surface area (Å²) < 4.78 is 29.2. The zero-order valence-corrected chi connectivity index (χ0v) is 23.8. The molecule has 3 aromatic rings. The lowest BCUT2D eigenvalue weighted by Gasteiger charge is -2.32. The smallest absolute Gasteiger partial charge is 0.264 e. The van der Waals surface area contributed by atoms with Crippen LogP contribution in [-0.4, -0.2) is 44.3 Å². The van der Waals surface area contributed by atoms with Crippen LogP contribution in [-0.2, 0) is 26.2 Å². The molecular weight excluding hydrogens is 578 g/mol. The molecule has 0 radical (unpaired) electrons. The Morgan fingerprint density at radius 2 is 1.68 bits per heavy atom. The fraction of sp³-hybridized carbons (Fsp3) is 0.259. The summed E-state index contributed by atoms with van der Waals surface area (Å²) in [6.07, 6.45) is 0.747. The predicted octanol–water partition coefficient (Wildman–Crippen LogP) is 5.24. The number of nitrogens with one attached hydrogen (secondary N) is 1. The van der Waals surface area contributed by atoms with Crippen LogP contribution in [0.25, 0.3) is 0 Å². The first-order valence-corrected chi connectivity index (χ1v) is 14.4. The van der Waals surface area contributed by atoms with Gasteiger partial charge in [-0.2, -0.15) is 0 Å². The van der Waals surface area contributed by atoms with Crippen LogP contribution >= 0.6 is 27.5 Å². The standard InChI is InChI=1S/C27H29BrClN3O4S/c1-3-16-30-27(34)20(2)31(18-21-12-14-22(28)15-13-21)26(33)19-32(24-9-7-8-23(29)17-24)37(35,36)25-10-5-4-6-11-25/h4-15,17,20H,3,16,18-19H2,1-2H3,(H,30,34)/t20-/m1/s1. The van der Waals surface area contributed by atoms with Gasteiger partial charge in [0, 0.05) is 22.6 Å². The predicted molar refractivity (Wildman–Crippen MR) is 150 cm³/mol. The van der Waals surface area contributed by atoms with Crippen molar-refractivity contribution in [1.82, 2.24) is 10.2 Å². The van der Waals surface area contributed by atoms with Gasteiger partial charge in [-0.15, -0.1) is 0 Å². The molecular formula is C27H29BrClN3O4S. The molecule has 3 rings (SSSR count). The van der Waals surface area contributed by atoms with E-state index >= 15 is 0 Å². The lowest BCUT2D eigenvalue weighted by molar-refractivity contribution is -0.139. The average Bonchev–Trinajstić information content (AvgIpc) is 2.89. The van der Waals surface area contributed by atoms with E-state index in [1.54, 1.807) is 43.3 Å². The molecule has 0 unspecified atom stereocenters. The van der Waals surface area contributed by atoms with E-state index in [0.717, 1.165) is 20.8 Å². The van der Waals surface area contributed by atoms with E-state index in [2.05, 4.69) is 21.2 Å². The minimum atomic E-state index is -4.12. The van der Waals surface area contributed by atoms with Crippen molar-refractivity contribution < 1.29 is 18.0 Å². The van der Waals surface area contributed by atoms with Crippen molar-refractivity contribution in [3.63, 3.8) is 0 Å². The average molecular weight is 607 g/mol. The Bertz CT molecular complexity index is 1320. The third-order valence-corrected chi connectivity index (χ3v) is 8.24. The number of benzene rings is 3. The van der Waals surface area contributed by atoms with Crippen LogP contribution in [0, 0.1) is 0 Å². The first-order chi connectivity index (χ1) is 17.6. The number of hydrogen-bond donors (Lipinski definition) is 1. The summed E-state index contributed by atoms with van der Waals surface area (Å²) in [6, 6.07) is 20.7. The second-order valence-electron chi connectivity index (χ2n) is 8.42. The molecule has 0 bridgehead atoms. The largest absolute Gasteiger partial charge is 0.354 e. The van der Waals surface area contributed by atoms with E-state index in [1.165, 1.54) is 23.1 Å². The summed E-state index contributed by atoms with van der Waals surface area (Å²) in [4.78, 5) is 28.1. The van der Waals surface area contributed by atoms with E-state index in [0.29, 0.717) is 11.6 Å². The number of hydrogen-bond acceptors (Lipinski definition) is 4. The zero-order valence-electron chi connectivity index (χ0n) is 20.6. The minimum absolute atomic E-state index is 0.0379. The van der Waals surface area contributed by atoms with Gasteiger partial charge in [0.1, 0.15) is 12.6 Å². The quantitative estimate of drug-likeness (QED) is 0.323. The SMILES string of the molecule is CCCNC(=O)[C@@H](C)N(Cc1ccc(Br)cc1)C(=O)CN(c1cccc(Cl)c1)S(=O)(=O)c1ccccc1. The molecule has 0 aliphatic rings. The summed E-state index contributed by atoms with van der Waals surface area (Å²) in [5, 5.41) is 3.15. The second kappa shape index (κ2) is 13.1. The number of carbonyl (C=O) groups is 2. The summed E-state index contributed by atoms with van der Waals surface area (Å²) >= 11 is 9.57. The van der Waals surface area contributed by atoms with Crippen LogP contribution in [0.2, 0.25) is 5.02 Å². The van der Waals surface area contributed by atoms with Gasteiger partial charge in [0.2, 0.25) is 11.8 Å². The van der Waals surface area contributed by atoms with E-state index in [9.17, 15) is 18.0 Å². The van der Waals surface area contributed by atoms with Crippen molar-refractivity contribution in [2.75, 3.05) is 17.4 Å². The molecule has 37 heavy (non-hydrogen) atoms. The maximum Gasteiger partial charge on any atom is 0.264 e. The number of carbonyl (C=O) groups excluding carboxylic acids is 2. The summed E-state index contributed by atoms with van der Waals surface area (Å²) in [7, 11) is -4.12. The number of amides is 2. The van der Waals surface area contributed by atoms with Gasteiger partial charge in [-0.05, 0) is 61.4 Å². The minimum Gasteiger partial charge on any atom is -0.354 e. The van der Waals surface area contributed by atoms with Gasteiger partial charge in [-0.25, -0.2) is 8.42 Å². The molecule has 0 heterocycles. The first kappa shape index (κ1) is 28.7. The highest BCUT2D eigenvalue weighted by atomic mass is 79.9. The molecule has 196 valence electrons. The van der Waals surface area contributed by atoms with E-state index < -0.39 is 28.5 Å². The second-order valence-corrected chi connectivity index (χ2v) is 11.6. The number of sulfonamides is 1. The molecule has 0 saturated carbocycles. The number of anilines is 1. The summed E-state index contributed by atoms with van der Waals surface area (Å²) in [5.41, 5.74) is 1.04. The van der Waals surface area contributed by atoms with E-state index in [4.69, 9.17) is 11.6 Å². The summed E-state index contributed by atoms with van der Waals surface area (Å²) in [6.45, 7) is 3.66. The molecule has 0 spiro atoms. The Hall–Kier alpha value is -2.88. The highest BCUT2D eigenvalue weighted by Crippen LogP contribution is 2.27. The first-order valence-electron chi connectivity index (χ1n) is 11.8. The number of nitrogens with zero attached hydrogens (tertiary/aromatic N) is 2. The lowest BCUT2D eigenvalue weighted by Crippen LogP contribution is -2.51. The van der Waals surface area contributed by atoms with Crippen molar-refractivity contribution in [3.05, 3.63) is 93.9 Å². The maximum absolute atomic E-state index is 13.8. The normalized spacial score (nSPS) is 12.0. The topological polar surface area (TPSA) is 86.8 Å². The van der Waals surface area contributed by atoms with Crippen molar-refractivity contribution >= 4 is 55.1 Å². The monoisotopic (exact) mass is 605 g/mol. The van der Waals surface area contributed by atoms with Gasteiger partial charge in [0.15, 0.2) is 0 Å². The molecule has 0 aliphatic carbocycles. The third kappa shape index (κ3) is 7.56. The fourth-order valence-electron chi connectivity index (χ4n) is 3.64.